The van der Waals surface area contributed by atoms with Gasteiger partial charge in [-0.15, -0.1) is 10.2 Å². The second-order valence-corrected chi connectivity index (χ2v) is 4.25. The van der Waals surface area contributed by atoms with E-state index in [0.29, 0.717) is 5.69 Å². The molecule has 0 aliphatic rings. The van der Waals surface area contributed by atoms with Gasteiger partial charge in [0.15, 0.2) is 11.2 Å². The standard InChI is InChI=1S/C12H11N7O/c1-6-2-4-7(5-3-6)18-19-12-14-8-9(16-12)15-11(13)17-10(8)20/h2-5H,1H3,(H4,13,14,15,16,17,20). The van der Waals surface area contributed by atoms with Crippen molar-refractivity contribution in [2.24, 2.45) is 10.2 Å². The fraction of sp³-hybridized carbons (Fsp3) is 0.0833. The molecule has 0 saturated heterocycles. The second kappa shape index (κ2) is 4.57. The normalized spacial score (nSPS) is 11.4. The molecule has 0 aliphatic carbocycles. The van der Waals surface area contributed by atoms with Gasteiger partial charge in [-0.3, -0.25) is 9.78 Å². The van der Waals surface area contributed by atoms with Gasteiger partial charge >= 0.3 is 0 Å². The summed E-state index contributed by atoms with van der Waals surface area (Å²) in [7, 11) is 0. The SMILES string of the molecule is Cc1ccc(N=Nc2nc3nc(N)[nH]c(=O)c3[nH]2)cc1. The number of hydrogen-bond donors (Lipinski definition) is 3. The zero-order chi connectivity index (χ0) is 14.1. The number of H-pyrrole nitrogens is 2. The molecule has 100 valence electrons. The van der Waals surface area contributed by atoms with E-state index in [4.69, 9.17) is 5.73 Å². The van der Waals surface area contributed by atoms with Crippen molar-refractivity contribution in [1.29, 1.82) is 0 Å². The van der Waals surface area contributed by atoms with E-state index in [-0.39, 0.29) is 23.1 Å². The first-order chi connectivity index (χ1) is 9.61. The summed E-state index contributed by atoms with van der Waals surface area (Å²) in [5, 5.41) is 7.96. The maximum Gasteiger partial charge on any atom is 0.278 e. The van der Waals surface area contributed by atoms with Crippen LogP contribution in [0.5, 0.6) is 0 Å². The summed E-state index contributed by atoms with van der Waals surface area (Å²) in [5.74, 6) is 0.209. The Hall–Kier alpha value is -3.03. The van der Waals surface area contributed by atoms with Gasteiger partial charge < -0.3 is 10.7 Å². The summed E-state index contributed by atoms with van der Waals surface area (Å²) in [6.45, 7) is 1.99. The summed E-state index contributed by atoms with van der Waals surface area (Å²) in [6.07, 6.45) is 0. The van der Waals surface area contributed by atoms with E-state index >= 15 is 0 Å². The van der Waals surface area contributed by atoms with Crippen molar-refractivity contribution in [2.75, 3.05) is 5.73 Å². The third-order valence-corrected chi connectivity index (χ3v) is 2.66. The summed E-state index contributed by atoms with van der Waals surface area (Å²) in [4.78, 5) is 24.7. The molecule has 0 atom stereocenters. The molecule has 0 aliphatic heterocycles. The van der Waals surface area contributed by atoms with E-state index in [0.717, 1.165) is 5.56 Å². The number of fused-ring (bicyclic) bond motifs is 1. The highest BCUT2D eigenvalue weighted by Gasteiger charge is 2.07. The van der Waals surface area contributed by atoms with Gasteiger partial charge in [-0.1, -0.05) is 17.7 Å². The molecule has 20 heavy (non-hydrogen) atoms. The van der Waals surface area contributed by atoms with Crippen molar-refractivity contribution in [3.8, 4) is 0 Å². The van der Waals surface area contributed by atoms with Crippen molar-refractivity contribution >= 4 is 28.7 Å². The highest BCUT2D eigenvalue weighted by Crippen LogP contribution is 2.17. The molecule has 4 N–H and O–H groups in total. The molecule has 2 aromatic heterocycles. The number of rotatable bonds is 2. The number of azo groups is 1. The Morgan fingerprint density at radius 3 is 2.60 bits per heavy atom. The van der Waals surface area contributed by atoms with Crippen molar-refractivity contribution in [1.82, 2.24) is 19.9 Å². The average Bonchev–Trinajstić information content (AvgIpc) is 2.81. The van der Waals surface area contributed by atoms with Gasteiger partial charge in [0.05, 0.1) is 5.69 Å². The molecule has 0 unspecified atom stereocenters. The van der Waals surface area contributed by atoms with Crippen LogP contribution in [-0.4, -0.2) is 19.9 Å². The number of anilines is 1. The van der Waals surface area contributed by atoms with Gasteiger partial charge in [-0.25, -0.2) is 0 Å². The Labute approximate surface area is 112 Å². The van der Waals surface area contributed by atoms with E-state index in [1.165, 1.54) is 0 Å². The predicted molar refractivity (Wildman–Crippen MR) is 74.3 cm³/mol. The highest BCUT2D eigenvalue weighted by atomic mass is 16.1. The van der Waals surface area contributed by atoms with Crippen LogP contribution in [0.25, 0.3) is 11.2 Å². The lowest BCUT2D eigenvalue weighted by molar-refractivity contribution is 1.13. The molecule has 1 aromatic carbocycles. The number of nitrogens with one attached hydrogen (secondary N) is 2. The first kappa shape index (κ1) is 12.0. The zero-order valence-corrected chi connectivity index (χ0v) is 10.6. The third-order valence-electron chi connectivity index (χ3n) is 2.66. The van der Waals surface area contributed by atoms with E-state index < -0.39 is 5.56 Å². The van der Waals surface area contributed by atoms with Crippen LogP contribution in [0.2, 0.25) is 0 Å². The van der Waals surface area contributed by atoms with E-state index in [2.05, 4.69) is 30.2 Å². The Morgan fingerprint density at radius 2 is 1.85 bits per heavy atom. The summed E-state index contributed by atoms with van der Waals surface area (Å²) < 4.78 is 0. The molecule has 3 rings (SSSR count). The topological polar surface area (TPSA) is 125 Å². The van der Waals surface area contributed by atoms with Crippen molar-refractivity contribution in [2.45, 2.75) is 6.92 Å². The molecular formula is C12H11N7O. The number of aryl methyl sites for hydroxylation is 1. The molecule has 0 bridgehead atoms. The number of nitrogens with zero attached hydrogens (tertiary/aromatic N) is 4. The average molecular weight is 269 g/mol. The van der Waals surface area contributed by atoms with Crippen LogP contribution in [0.4, 0.5) is 17.6 Å². The second-order valence-electron chi connectivity index (χ2n) is 4.25. The maximum atomic E-state index is 11.6. The van der Waals surface area contributed by atoms with Crippen LogP contribution in [0.15, 0.2) is 39.3 Å². The van der Waals surface area contributed by atoms with Gasteiger partial charge in [0.25, 0.3) is 5.56 Å². The third kappa shape index (κ3) is 2.26. The van der Waals surface area contributed by atoms with Crippen LogP contribution in [-0.2, 0) is 0 Å². The summed E-state index contributed by atoms with van der Waals surface area (Å²) in [5.41, 5.74) is 7.31. The van der Waals surface area contributed by atoms with Crippen molar-refractivity contribution < 1.29 is 0 Å². The highest BCUT2D eigenvalue weighted by molar-refractivity contribution is 5.72. The lowest BCUT2D eigenvalue weighted by atomic mass is 10.2. The van der Waals surface area contributed by atoms with Gasteiger partial charge in [0.2, 0.25) is 11.9 Å². The lowest BCUT2D eigenvalue weighted by Crippen LogP contribution is -2.10. The number of aromatic amines is 2. The minimum atomic E-state index is -0.392. The maximum absolute atomic E-state index is 11.6. The largest absolute Gasteiger partial charge is 0.369 e. The van der Waals surface area contributed by atoms with Crippen LogP contribution < -0.4 is 11.3 Å². The van der Waals surface area contributed by atoms with Crippen molar-refractivity contribution in [3.63, 3.8) is 0 Å². The Balaban J connectivity index is 1.97. The van der Waals surface area contributed by atoms with Crippen molar-refractivity contribution in [3.05, 3.63) is 40.2 Å². The quantitative estimate of drug-likeness (QED) is 0.614. The number of aromatic nitrogens is 4. The number of nitrogen functional groups attached to an aromatic ring is 1. The Bertz CT molecular complexity index is 844. The number of imidazole rings is 1. The molecule has 2 heterocycles. The fourth-order valence-electron chi connectivity index (χ4n) is 1.68. The number of nitrogens with two attached hydrogens (primary N) is 1. The fourth-order valence-corrected chi connectivity index (χ4v) is 1.68. The first-order valence-electron chi connectivity index (χ1n) is 5.86. The molecular weight excluding hydrogens is 258 g/mol. The van der Waals surface area contributed by atoms with Gasteiger partial charge in [0, 0.05) is 0 Å². The smallest absolute Gasteiger partial charge is 0.278 e. The van der Waals surface area contributed by atoms with Crippen LogP contribution in [0.3, 0.4) is 0 Å². The molecule has 8 nitrogen and oxygen atoms in total. The lowest BCUT2D eigenvalue weighted by Gasteiger charge is -1.92. The summed E-state index contributed by atoms with van der Waals surface area (Å²) in [6, 6.07) is 7.54. The molecule has 0 spiro atoms. The molecule has 0 amide bonds. The number of hydrogen-bond acceptors (Lipinski definition) is 6. The van der Waals surface area contributed by atoms with E-state index in [1.807, 2.05) is 31.2 Å². The minimum absolute atomic E-state index is 0.0102. The zero-order valence-electron chi connectivity index (χ0n) is 10.6. The van der Waals surface area contributed by atoms with Gasteiger partial charge in [-0.2, -0.15) is 9.97 Å². The van der Waals surface area contributed by atoms with Gasteiger partial charge in [0.1, 0.15) is 0 Å². The van der Waals surface area contributed by atoms with Gasteiger partial charge in [-0.05, 0) is 19.1 Å². The Kier molecular flexibility index (Phi) is 2.75. The molecule has 0 saturated carbocycles. The summed E-state index contributed by atoms with van der Waals surface area (Å²) >= 11 is 0. The molecule has 0 fully saturated rings. The monoisotopic (exact) mass is 269 g/mol. The predicted octanol–water partition coefficient (Wildman–Crippen LogP) is 1.95. The number of benzene rings is 1. The molecule has 3 aromatic rings. The molecule has 8 heteroatoms. The van der Waals surface area contributed by atoms with Crippen LogP contribution in [0, 0.1) is 6.92 Å². The van der Waals surface area contributed by atoms with Crippen LogP contribution >= 0.6 is 0 Å². The van der Waals surface area contributed by atoms with E-state index in [1.54, 1.807) is 0 Å². The molecule has 0 radical (unpaired) electrons. The minimum Gasteiger partial charge on any atom is -0.369 e. The first-order valence-corrected chi connectivity index (χ1v) is 5.86. The van der Waals surface area contributed by atoms with E-state index in [9.17, 15) is 4.79 Å². The van der Waals surface area contributed by atoms with Crippen LogP contribution in [0.1, 0.15) is 5.56 Å². The Morgan fingerprint density at radius 1 is 1.10 bits per heavy atom.